The lowest BCUT2D eigenvalue weighted by atomic mass is 9.83. The summed E-state index contributed by atoms with van der Waals surface area (Å²) in [6.07, 6.45) is 0. The van der Waals surface area contributed by atoms with Crippen LogP contribution in [0.2, 0.25) is 0 Å². The molecule has 0 unspecified atom stereocenters. The van der Waals surface area contributed by atoms with Gasteiger partial charge in [0.15, 0.2) is 11.6 Å². The molecule has 0 aromatic heterocycles. The fourth-order valence-electron chi connectivity index (χ4n) is 2.94. The molecular weight excluding hydrogens is 332 g/mol. The molecule has 0 spiro atoms. The second-order valence-electron chi connectivity index (χ2n) is 5.67. The number of carbonyl (C=O) groups excluding carboxylic acids is 2. The average molecular weight is 344 g/mol. The van der Waals surface area contributed by atoms with E-state index in [0.717, 1.165) is 5.56 Å². The van der Waals surface area contributed by atoms with Gasteiger partial charge in [0.1, 0.15) is 11.5 Å². The van der Waals surface area contributed by atoms with E-state index in [1.165, 1.54) is 0 Å². The van der Waals surface area contributed by atoms with Gasteiger partial charge in [-0.2, -0.15) is 0 Å². The molecule has 25 heavy (non-hydrogen) atoms. The van der Waals surface area contributed by atoms with Gasteiger partial charge in [0, 0.05) is 22.1 Å². The fourth-order valence-corrected chi connectivity index (χ4v) is 3.10. The van der Waals surface area contributed by atoms with Crippen LogP contribution in [0.4, 0.5) is 0 Å². The third kappa shape index (κ3) is 2.57. The highest BCUT2D eigenvalue weighted by Gasteiger charge is 2.32. The van der Waals surface area contributed by atoms with Crippen LogP contribution in [0.25, 0.3) is 0 Å². The molecule has 3 aromatic carbocycles. The zero-order valence-corrected chi connectivity index (χ0v) is 13.9. The Morgan fingerprint density at radius 3 is 2.04 bits per heavy atom. The number of fused-ring (bicyclic) bond motifs is 2. The normalized spacial score (nSPS) is 12.3. The molecule has 0 aliphatic heterocycles. The van der Waals surface area contributed by atoms with E-state index in [4.69, 9.17) is 17.0 Å². The molecule has 0 N–H and O–H groups in total. The van der Waals surface area contributed by atoms with Crippen LogP contribution >= 0.6 is 12.2 Å². The Morgan fingerprint density at radius 2 is 1.36 bits per heavy atom. The van der Waals surface area contributed by atoms with Crippen LogP contribution in [-0.2, 0) is 0 Å². The molecule has 0 amide bonds. The highest BCUT2D eigenvalue weighted by atomic mass is 32.1. The van der Waals surface area contributed by atoms with Crippen molar-refractivity contribution in [3.63, 3.8) is 0 Å². The van der Waals surface area contributed by atoms with E-state index in [1.807, 2.05) is 12.1 Å². The number of benzene rings is 3. The highest BCUT2D eigenvalue weighted by molar-refractivity contribution is 7.79. The number of hydrogen-bond acceptors (Lipinski definition) is 4. The van der Waals surface area contributed by atoms with Crippen LogP contribution in [0.3, 0.4) is 0 Å². The molecule has 3 nitrogen and oxygen atoms in total. The van der Waals surface area contributed by atoms with Crippen molar-refractivity contribution < 1.29 is 14.3 Å². The van der Waals surface area contributed by atoms with Crippen molar-refractivity contribution in [3.8, 4) is 11.5 Å². The largest absolute Gasteiger partial charge is 0.457 e. The van der Waals surface area contributed by atoms with Crippen molar-refractivity contribution in [3.05, 3.63) is 94.5 Å². The van der Waals surface area contributed by atoms with Gasteiger partial charge in [-0.1, -0.05) is 60.7 Å². The number of thiocarbonyl (C=S) groups is 1. The summed E-state index contributed by atoms with van der Waals surface area (Å²) in [7, 11) is 0. The monoisotopic (exact) mass is 344 g/mol. The van der Waals surface area contributed by atoms with Crippen LogP contribution in [-0.4, -0.2) is 16.9 Å². The zero-order chi connectivity index (χ0) is 17.4. The molecule has 4 rings (SSSR count). The van der Waals surface area contributed by atoms with Crippen LogP contribution in [0, 0.1) is 0 Å². The molecule has 4 heteroatoms. The maximum absolute atomic E-state index is 12.9. The van der Waals surface area contributed by atoms with Crippen molar-refractivity contribution >= 4 is 29.2 Å². The van der Waals surface area contributed by atoms with E-state index in [2.05, 4.69) is 0 Å². The Hall–Kier alpha value is -3.11. The number of carbonyl (C=O) groups is 2. The first-order valence-electron chi connectivity index (χ1n) is 7.73. The number of ketones is 2. The lowest BCUT2D eigenvalue weighted by Gasteiger charge is -2.20. The highest BCUT2D eigenvalue weighted by Crippen LogP contribution is 2.35. The number of ether oxygens (including phenoxy) is 1. The van der Waals surface area contributed by atoms with E-state index < -0.39 is 0 Å². The van der Waals surface area contributed by atoms with Crippen molar-refractivity contribution in [1.29, 1.82) is 0 Å². The number of hydrogen-bond donors (Lipinski definition) is 0. The number of rotatable bonds is 3. The van der Waals surface area contributed by atoms with Crippen molar-refractivity contribution in [2.24, 2.45) is 0 Å². The topological polar surface area (TPSA) is 43.4 Å². The third-order valence-corrected chi connectivity index (χ3v) is 4.43. The third-order valence-electron chi connectivity index (χ3n) is 4.16. The van der Waals surface area contributed by atoms with Crippen LogP contribution in [0.1, 0.15) is 37.4 Å². The van der Waals surface area contributed by atoms with Gasteiger partial charge < -0.3 is 4.74 Å². The minimum atomic E-state index is -0.198. The van der Waals surface area contributed by atoms with Crippen molar-refractivity contribution in [2.75, 3.05) is 0 Å². The van der Waals surface area contributed by atoms with Gasteiger partial charge in [0.25, 0.3) is 0 Å². The Balaban J connectivity index is 1.80. The minimum absolute atomic E-state index is 0.160. The van der Waals surface area contributed by atoms with Crippen LogP contribution < -0.4 is 4.74 Å². The minimum Gasteiger partial charge on any atom is -0.457 e. The van der Waals surface area contributed by atoms with Crippen LogP contribution in [0.5, 0.6) is 11.5 Å². The smallest absolute Gasteiger partial charge is 0.198 e. The van der Waals surface area contributed by atoms with Crippen molar-refractivity contribution in [1.82, 2.24) is 0 Å². The molecular formula is C21H12O3S. The molecule has 1 aliphatic rings. The summed E-state index contributed by atoms with van der Waals surface area (Å²) in [6, 6.07) is 19.2. The summed E-state index contributed by atoms with van der Waals surface area (Å²) in [5.74, 6) is 0.594. The van der Waals surface area contributed by atoms with E-state index in [1.54, 1.807) is 60.0 Å². The van der Waals surface area contributed by atoms with Gasteiger partial charge in [-0.05, 0) is 23.8 Å². The van der Waals surface area contributed by atoms with Gasteiger partial charge >= 0.3 is 0 Å². The molecule has 0 heterocycles. The Kier molecular flexibility index (Phi) is 3.75. The summed E-state index contributed by atoms with van der Waals surface area (Å²) in [5, 5.41) is 1.58. The molecule has 0 radical (unpaired) electrons. The lowest BCUT2D eigenvalue weighted by Crippen LogP contribution is -2.21. The summed E-state index contributed by atoms with van der Waals surface area (Å²) in [6.45, 7) is 0. The van der Waals surface area contributed by atoms with Gasteiger partial charge in [0.05, 0.1) is 5.56 Å². The maximum atomic E-state index is 12.9. The summed E-state index contributed by atoms with van der Waals surface area (Å²) >= 11 is 4.89. The lowest BCUT2D eigenvalue weighted by molar-refractivity contribution is 0.0977. The maximum Gasteiger partial charge on any atom is 0.198 e. The second kappa shape index (κ2) is 6.07. The fraction of sp³-hybridized carbons (Fsp3) is 0. The van der Waals surface area contributed by atoms with E-state index in [-0.39, 0.29) is 11.6 Å². The first kappa shape index (κ1) is 15.4. The molecule has 1 aliphatic carbocycles. The first-order chi connectivity index (χ1) is 12.2. The molecule has 0 saturated heterocycles. The molecule has 120 valence electrons. The molecule has 0 bridgehead atoms. The first-order valence-corrected chi connectivity index (χ1v) is 8.21. The molecule has 3 aromatic rings. The van der Waals surface area contributed by atoms with E-state index in [0.29, 0.717) is 33.8 Å². The van der Waals surface area contributed by atoms with Gasteiger partial charge in [-0.25, -0.2) is 0 Å². The standard InChI is InChI=1S/C21H12O3S/c22-20-15-4-1-2-5-16(15)21(23)19-17(20)6-3-7-18(19)24-14-10-8-13(12-25)9-11-14/h1-12H. The van der Waals surface area contributed by atoms with E-state index >= 15 is 0 Å². The summed E-state index contributed by atoms with van der Waals surface area (Å²) in [5.41, 5.74) is 2.43. The predicted octanol–water partition coefficient (Wildman–Crippen LogP) is 4.60. The van der Waals surface area contributed by atoms with Crippen molar-refractivity contribution in [2.45, 2.75) is 0 Å². The molecule has 0 saturated carbocycles. The van der Waals surface area contributed by atoms with Crippen LogP contribution in [0.15, 0.2) is 66.7 Å². The Bertz CT molecular complexity index is 1020. The zero-order valence-electron chi connectivity index (χ0n) is 13.1. The molecule has 0 atom stereocenters. The SMILES string of the molecule is O=C1c2ccccc2C(=O)c2c(Oc3ccc(C=S)cc3)cccc21. The Morgan fingerprint density at radius 1 is 0.720 bits per heavy atom. The molecule has 0 fully saturated rings. The Labute approximate surface area is 149 Å². The average Bonchev–Trinajstić information content (AvgIpc) is 2.66. The summed E-state index contributed by atoms with van der Waals surface area (Å²) in [4.78, 5) is 25.6. The van der Waals surface area contributed by atoms with Gasteiger partial charge in [0.2, 0.25) is 0 Å². The second-order valence-corrected chi connectivity index (χ2v) is 5.91. The van der Waals surface area contributed by atoms with Gasteiger partial charge in [-0.3, -0.25) is 9.59 Å². The predicted molar refractivity (Wildman–Crippen MR) is 99.0 cm³/mol. The van der Waals surface area contributed by atoms with Gasteiger partial charge in [-0.15, -0.1) is 0 Å². The quantitative estimate of drug-likeness (QED) is 0.509. The summed E-state index contributed by atoms with van der Waals surface area (Å²) < 4.78 is 5.89. The van der Waals surface area contributed by atoms with E-state index in [9.17, 15) is 9.59 Å².